The van der Waals surface area contributed by atoms with Gasteiger partial charge in [0.2, 0.25) is 0 Å². The molecule has 0 atom stereocenters. The van der Waals surface area contributed by atoms with Crippen LogP contribution in [-0.4, -0.2) is 15.9 Å². The van der Waals surface area contributed by atoms with Crippen LogP contribution < -0.4 is 5.32 Å². The third kappa shape index (κ3) is 2.85. The summed E-state index contributed by atoms with van der Waals surface area (Å²) in [6, 6.07) is 10.9. The number of benzene rings is 1. The molecular weight excluding hydrogens is 286 g/mol. The van der Waals surface area contributed by atoms with Gasteiger partial charge in [-0.1, -0.05) is 17.7 Å². The summed E-state index contributed by atoms with van der Waals surface area (Å²) in [6.07, 6.45) is 3.23. The number of anilines is 1. The molecule has 4 nitrogen and oxygen atoms in total. The molecule has 0 bridgehead atoms. The second-order valence-electron chi connectivity index (χ2n) is 4.69. The van der Waals surface area contributed by atoms with E-state index < -0.39 is 0 Å². The quantitative estimate of drug-likeness (QED) is 0.731. The molecule has 0 unspecified atom stereocenters. The smallest absolute Gasteiger partial charge is 0.256 e. The maximum absolute atomic E-state index is 12.4. The van der Waals surface area contributed by atoms with Crippen LogP contribution in [0.25, 0.3) is 10.9 Å². The maximum Gasteiger partial charge on any atom is 0.256 e. The van der Waals surface area contributed by atoms with E-state index in [9.17, 15) is 4.79 Å². The first-order chi connectivity index (χ1) is 10.1. The predicted octanol–water partition coefficient (Wildman–Crippen LogP) is 3.84. The molecule has 0 aliphatic rings. The normalized spacial score (nSPS) is 10.6. The summed E-state index contributed by atoms with van der Waals surface area (Å²) < 4.78 is 0. The Morgan fingerprint density at radius 2 is 2.05 bits per heavy atom. The molecule has 5 heteroatoms. The van der Waals surface area contributed by atoms with Crippen molar-refractivity contribution in [2.24, 2.45) is 0 Å². The molecule has 3 rings (SSSR count). The highest BCUT2D eigenvalue weighted by Gasteiger charge is 2.11. The molecule has 3 aromatic rings. The van der Waals surface area contributed by atoms with E-state index in [1.54, 1.807) is 24.4 Å². The largest absolute Gasteiger partial charge is 0.321 e. The lowest BCUT2D eigenvalue weighted by atomic mass is 10.0. The molecule has 104 valence electrons. The number of amides is 1. The molecule has 0 aliphatic carbocycles. The molecule has 2 heterocycles. The van der Waals surface area contributed by atoms with Crippen molar-refractivity contribution in [2.75, 3.05) is 5.32 Å². The van der Waals surface area contributed by atoms with Gasteiger partial charge in [-0.3, -0.25) is 9.78 Å². The minimum Gasteiger partial charge on any atom is -0.321 e. The number of carbonyl (C=O) groups excluding carboxylic acids is 1. The summed E-state index contributed by atoms with van der Waals surface area (Å²) >= 11 is 5.72. The minimum absolute atomic E-state index is 0.191. The Hall–Kier alpha value is -2.46. The molecule has 1 amide bonds. The lowest BCUT2D eigenvalue weighted by Crippen LogP contribution is -2.13. The molecule has 0 saturated heterocycles. The van der Waals surface area contributed by atoms with E-state index >= 15 is 0 Å². The van der Waals surface area contributed by atoms with Crippen molar-refractivity contribution in [1.82, 2.24) is 9.97 Å². The minimum atomic E-state index is -0.191. The molecule has 1 aromatic carbocycles. The van der Waals surface area contributed by atoms with Crippen LogP contribution in [0.1, 0.15) is 15.9 Å². The fraction of sp³-hybridized carbons (Fsp3) is 0.0625. The third-order valence-corrected chi connectivity index (χ3v) is 3.40. The average Bonchev–Trinajstić information content (AvgIpc) is 2.49. The van der Waals surface area contributed by atoms with Crippen LogP contribution in [0.5, 0.6) is 0 Å². The van der Waals surface area contributed by atoms with Crippen LogP contribution in [0.3, 0.4) is 0 Å². The highest BCUT2D eigenvalue weighted by Crippen LogP contribution is 2.19. The average molecular weight is 298 g/mol. The van der Waals surface area contributed by atoms with Gasteiger partial charge in [0.05, 0.1) is 17.4 Å². The molecule has 21 heavy (non-hydrogen) atoms. The van der Waals surface area contributed by atoms with Gasteiger partial charge < -0.3 is 5.32 Å². The molecule has 2 aromatic heterocycles. The van der Waals surface area contributed by atoms with Crippen molar-refractivity contribution in [3.8, 4) is 0 Å². The zero-order chi connectivity index (χ0) is 14.8. The lowest BCUT2D eigenvalue weighted by molar-refractivity contribution is 0.102. The highest BCUT2D eigenvalue weighted by molar-refractivity contribution is 6.29. The number of aromatic nitrogens is 2. The van der Waals surface area contributed by atoms with Gasteiger partial charge in [0.25, 0.3) is 5.91 Å². The van der Waals surface area contributed by atoms with Crippen LogP contribution in [0.15, 0.2) is 48.8 Å². The fourth-order valence-corrected chi connectivity index (χ4v) is 2.24. The fourth-order valence-electron chi connectivity index (χ4n) is 2.13. The number of nitrogens with zero attached hydrogens (tertiary/aromatic N) is 2. The van der Waals surface area contributed by atoms with Crippen LogP contribution >= 0.6 is 11.6 Å². The van der Waals surface area contributed by atoms with Crippen molar-refractivity contribution in [3.63, 3.8) is 0 Å². The van der Waals surface area contributed by atoms with Crippen molar-refractivity contribution in [1.29, 1.82) is 0 Å². The first-order valence-corrected chi connectivity index (χ1v) is 6.79. The van der Waals surface area contributed by atoms with Gasteiger partial charge >= 0.3 is 0 Å². The SMILES string of the molecule is Cc1cc2cccnc2cc1C(=O)Nc1ccc(Cl)nc1. The summed E-state index contributed by atoms with van der Waals surface area (Å²) in [5.41, 5.74) is 2.89. The second kappa shape index (κ2) is 5.50. The number of aryl methyl sites for hydroxylation is 1. The predicted molar refractivity (Wildman–Crippen MR) is 83.7 cm³/mol. The Bertz CT molecular complexity index is 815. The second-order valence-corrected chi connectivity index (χ2v) is 5.07. The first-order valence-electron chi connectivity index (χ1n) is 6.42. The Morgan fingerprint density at radius 1 is 1.19 bits per heavy atom. The number of nitrogens with one attached hydrogen (secondary N) is 1. The molecule has 0 spiro atoms. The van der Waals surface area contributed by atoms with Gasteiger partial charge in [0.1, 0.15) is 5.15 Å². The Morgan fingerprint density at radius 3 is 2.81 bits per heavy atom. The molecule has 0 saturated carbocycles. The number of hydrogen-bond acceptors (Lipinski definition) is 3. The summed E-state index contributed by atoms with van der Waals surface area (Å²) in [5, 5.41) is 4.20. The Kier molecular flexibility index (Phi) is 3.54. The van der Waals surface area contributed by atoms with Crippen molar-refractivity contribution >= 4 is 34.1 Å². The summed E-state index contributed by atoms with van der Waals surface area (Å²) in [4.78, 5) is 20.6. The number of rotatable bonds is 2. The van der Waals surface area contributed by atoms with E-state index in [1.165, 1.54) is 6.20 Å². The van der Waals surface area contributed by atoms with E-state index in [0.717, 1.165) is 16.5 Å². The van der Waals surface area contributed by atoms with Crippen molar-refractivity contribution in [2.45, 2.75) is 6.92 Å². The van der Waals surface area contributed by atoms with E-state index in [2.05, 4.69) is 15.3 Å². The summed E-state index contributed by atoms with van der Waals surface area (Å²) in [5.74, 6) is -0.191. The highest BCUT2D eigenvalue weighted by atomic mass is 35.5. The summed E-state index contributed by atoms with van der Waals surface area (Å²) in [7, 11) is 0. The molecule has 0 aliphatic heterocycles. The number of carbonyl (C=O) groups is 1. The van der Waals surface area contributed by atoms with E-state index in [1.807, 2.05) is 25.1 Å². The molecule has 0 fully saturated rings. The van der Waals surface area contributed by atoms with E-state index in [-0.39, 0.29) is 5.91 Å². The van der Waals surface area contributed by atoms with Crippen LogP contribution in [0.2, 0.25) is 5.15 Å². The zero-order valence-corrected chi connectivity index (χ0v) is 12.1. The summed E-state index contributed by atoms with van der Waals surface area (Å²) in [6.45, 7) is 1.90. The zero-order valence-electron chi connectivity index (χ0n) is 11.3. The van der Waals surface area contributed by atoms with Gasteiger partial charge in [-0.05, 0) is 42.8 Å². The van der Waals surface area contributed by atoms with E-state index in [0.29, 0.717) is 16.4 Å². The first kappa shape index (κ1) is 13.5. The van der Waals surface area contributed by atoms with Crippen LogP contribution in [0, 0.1) is 6.92 Å². The maximum atomic E-state index is 12.4. The monoisotopic (exact) mass is 297 g/mol. The van der Waals surface area contributed by atoms with Gasteiger partial charge in [-0.2, -0.15) is 0 Å². The number of halogens is 1. The molecule has 0 radical (unpaired) electrons. The van der Waals surface area contributed by atoms with Gasteiger partial charge in [0, 0.05) is 17.1 Å². The number of fused-ring (bicyclic) bond motifs is 1. The number of hydrogen-bond donors (Lipinski definition) is 1. The lowest BCUT2D eigenvalue weighted by Gasteiger charge is -2.09. The van der Waals surface area contributed by atoms with Gasteiger partial charge in [0.15, 0.2) is 0 Å². The molecule has 1 N–H and O–H groups in total. The van der Waals surface area contributed by atoms with Crippen LogP contribution in [-0.2, 0) is 0 Å². The topological polar surface area (TPSA) is 54.9 Å². The van der Waals surface area contributed by atoms with Crippen molar-refractivity contribution in [3.05, 3.63) is 65.1 Å². The standard InChI is InChI=1S/C16H12ClN3O/c1-10-7-11-3-2-6-18-14(11)8-13(10)16(21)20-12-4-5-15(17)19-9-12/h2-9H,1H3,(H,20,21). The van der Waals surface area contributed by atoms with Gasteiger partial charge in [-0.15, -0.1) is 0 Å². The Balaban J connectivity index is 1.93. The van der Waals surface area contributed by atoms with Gasteiger partial charge in [-0.25, -0.2) is 4.98 Å². The van der Waals surface area contributed by atoms with Crippen molar-refractivity contribution < 1.29 is 4.79 Å². The van der Waals surface area contributed by atoms with Crippen LogP contribution in [0.4, 0.5) is 5.69 Å². The molecular formula is C16H12ClN3O. The Labute approximate surface area is 126 Å². The van der Waals surface area contributed by atoms with E-state index in [4.69, 9.17) is 11.6 Å². The number of pyridine rings is 2. The third-order valence-electron chi connectivity index (χ3n) is 3.18.